The van der Waals surface area contributed by atoms with E-state index in [-0.39, 0.29) is 6.10 Å². The highest BCUT2D eigenvalue weighted by Gasteiger charge is 2.30. The fourth-order valence-electron chi connectivity index (χ4n) is 3.68. The number of ether oxygens (including phenoxy) is 1. The van der Waals surface area contributed by atoms with Crippen molar-refractivity contribution < 1.29 is 14.6 Å². The van der Waals surface area contributed by atoms with Gasteiger partial charge in [-0.15, -0.1) is 0 Å². The number of aliphatic hydroxyl groups excluding tert-OH is 1. The SMILES string of the molecule is CN1CC[C@@H](c2ccccc2[C@H](O)C(=O)OC2CCCC2)C1. The molecule has 0 aromatic heterocycles. The quantitative estimate of drug-likeness (QED) is 0.869. The van der Waals surface area contributed by atoms with E-state index in [1.165, 1.54) is 0 Å². The summed E-state index contributed by atoms with van der Waals surface area (Å²) < 4.78 is 5.47. The van der Waals surface area contributed by atoms with Crippen LogP contribution in [-0.2, 0) is 9.53 Å². The monoisotopic (exact) mass is 303 g/mol. The predicted octanol–water partition coefficient (Wildman–Crippen LogP) is 2.62. The first kappa shape index (κ1) is 15.5. The lowest BCUT2D eigenvalue weighted by Gasteiger charge is -2.20. The van der Waals surface area contributed by atoms with E-state index in [0.717, 1.165) is 50.8 Å². The van der Waals surface area contributed by atoms with E-state index in [4.69, 9.17) is 4.74 Å². The van der Waals surface area contributed by atoms with E-state index in [0.29, 0.717) is 11.5 Å². The lowest BCUT2D eigenvalue weighted by Crippen LogP contribution is -2.22. The highest BCUT2D eigenvalue weighted by Crippen LogP contribution is 2.32. The second-order valence-electron chi connectivity index (χ2n) is 6.62. The van der Waals surface area contributed by atoms with Gasteiger partial charge in [0.2, 0.25) is 0 Å². The molecule has 2 aliphatic rings. The Morgan fingerprint density at radius 2 is 2.00 bits per heavy atom. The molecule has 1 aliphatic carbocycles. The Balaban J connectivity index is 1.74. The van der Waals surface area contributed by atoms with Gasteiger partial charge in [-0.3, -0.25) is 0 Å². The van der Waals surface area contributed by atoms with E-state index in [9.17, 15) is 9.90 Å². The van der Waals surface area contributed by atoms with Crippen molar-refractivity contribution in [2.24, 2.45) is 0 Å². The fourth-order valence-corrected chi connectivity index (χ4v) is 3.68. The van der Waals surface area contributed by atoms with Crippen LogP contribution in [0.1, 0.15) is 55.3 Å². The minimum atomic E-state index is -1.16. The standard InChI is InChI=1S/C18H25NO3/c1-19-11-10-13(12-19)15-8-4-5-9-16(15)17(20)18(21)22-14-6-2-3-7-14/h4-5,8-9,13-14,17,20H,2-3,6-7,10-12H2,1H3/t13-,17+/m1/s1. The maximum absolute atomic E-state index is 12.2. The van der Waals surface area contributed by atoms with E-state index < -0.39 is 12.1 Å². The molecule has 2 fully saturated rings. The average Bonchev–Trinajstić information content (AvgIpc) is 3.18. The number of hydrogen-bond acceptors (Lipinski definition) is 4. The molecule has 0 bridgehead atoms. The van der Waals surface area contributed by atoms with Gasteiger partial charge in [0, 0.05) is 6.54 Å². The minimum absolute atomic E-state index is 0.00748. The van der Waals surface area contributed by atoms with Crippen LogP contribution in [-0.4, -0.2) is 42.2 Å². The van der Waals surface area contributed by atoms with Gasteiger partial charge >= 0.3 is 5.97 Å². The molecule has 1 aromatic carbocycles. The molecule has 1 saturated heterocycles. The smallest absolute Gasteiger partial charge is 0.339 e. The summed E-state index contributed by atoms with van der Waals surface area (Å²) >= 11 is 0. The Labute approximate surface area is 132 Å². The molecule has 1 aliphatic heterocycles. The molecule has 1 aromatic rings. The van der Waals surface area contributed by atoms with E-state index in [2.05, 4.69) is 11.9 Å². The van der Waals surface area contributed by atoms with Gasteiger partial charge in [-0.1, -0.05) is 24.3 Å². The molecule has 22 heavy (non-hydrogen) atoms. The molecule has 120 valence electrons. The van der Waals surface area contributed by atoms with Crippen LogP contribution in [0.5, 0.6) is 0 Å². The summed E-state index contributed by atoms with van der Waals surface area (Å²) in [6.07, 6.45) is 3.96. The van der Waals surface area contributed by atoms with Crippen LogP contribution in [0.25, 0.3) is 0 Å². The summed E-state index contributed by atoms with van der Waals surface area (Å²) in [5, 5.41) is 10.5. The molecule has 1 N–H and O–H groups in total. The fraction of sp³-hybridized carbons (Fsp3) is 0.611. The molecular formula is C18H25NO3. The van der Waals surface area contributed by atoms with Gasteiger partial charge in [-0.25, -0.2) is 4.79 Å². The van der Waals surface area contributed by atoms with Crippen LogP contribution in [0.3, 0.4) is 0 Å². The number of rotatable bonds is 4. The highest BCUT2D eigenvalue weighted by atomic mass is 16.6. The van der Waals surface area contributed by atoms with Gasteiger partial charge in [0.25, 0.3) is 0 Å². The Bertz CT molecular complexity index is 525. The van der Waals surface area contributed by atoms with Crippen LogP contribution < -0.4 is 0 Å². The molecule has 0 unspecified atom stereocenters. The highest BCUT2D eigenvalue weighted by molar-refractivity contribution is 5.77. The van der Waals surface area contributed by atoms with Gasteiger partial charge in [-0.05, 0) is 62.7 Å². The predicted molar refractivity (Wildman–Crippen MR) is 84.6 cm³/mol. The number of hydrogen-bond donors (Lipinski definition) is 1. The van der Waals surface area contributed by atoms with Crippen molar-refractivity contribution in [3.8, 4) is 0 Å². The molecule has 0 amide bonds. The number of nitrogens with zero attached hydrogens (tertiary/aromatic N) is 1. The first-order chi connectivity index (χ1) is 10.6. The largest absolute Gasteiger partial charge is 0.460 e. The number of carbonyl (C=O) groups is 1. The molecular weight excluding hydrogens is 278 g/mol. The molecule has 3 rings (SSSR count). The number of benzene rings is 1. The Kier molecular flexibility index (Phi) is 4.79. The molecule has 4 heteroatoms. The maximum Gasteiger partial charge on any atom is 0.339 e. The molecule has 2 atom stereocenters. The first-order valence-electron chi connectivity index (χ1n) is 8.31. The third kappa shape index (κ3) is 3.33. The number of carbonyl (C=O) groups excluding carboxylic acids is 1. The Morgan fingerprint density at radius 1 is 1.27 bits per heavy atom. The van der Waals surface area contributed by atoms with Crippen LogP contribution in [0.4, 0.5) is 0 Å². The van der Waals surface area contributed by atoms with Crippen molar-refractivity contribution in [1.29, 1.82) is 0 Å². The van der Waals surface area contributed by atoms with Crippen molar-refractivity contribution in [2.45, 2.75) is 50.2 Å². The summed E-state index contributed by atoms with van der Waals surface area (Å²) in [6.45, 7) is 2.03. The zero-order valence-electron chi connectivity index (χ0n) is 13.2. The second-order valence-corrected chi connectivity index (χ2v) is 6.62. The van der Waals surface area contributed by atoms with E-state index in [1.54, 1.807) is 0 Å². The third-order valence-corrected chi connectivity index (χ3v) is 4.93. The van der Waals surface area contributed by atoms with Gasteiger partial charge < -0.3 is 14.7 Å². The van der Waals surface area contributed by atoms with Crippen molar-refractivity contribution in [3.05, 3.63) is 35.4 Å². The summed E-state index contributed by atoms with van der Waals surface area (Å²) in [4.78, 5) is 14.5. The molecule has 1 heterocycles. The van der Waals surface area contributed by atoms with Crippen LogP contribution >= 0.6 is 0 Å². The van der Waals surface area contributed by atoms with Gasteiger partial charge in [0.15, 0.2) is 6.10 Å². The van der Waals surface area contributed by atoms with Crippen molar-refractivity contribution >= 4 is 5.97 Å². The third-order valence-electron chi connectivity index (χ3n) is 4.93. The van der Waals surface area contributed by atoms with Crippen LogP contribution in [0, 0.1) is 0 Å². The molecule has 0 radical (unpaired) electrons. The van der Waals surface area contributed by atoms with Gasteiger partial charge in [-0.2, -0.15) is 0 Å². The molecule has 4 nitrogen and oxygen atoms in total. The van der Waals surface area contributed by atoms with E-state index in [1.807, 2.05) is 24.3 Å². The van der Waals surface area contributed by atoms with Gasteiger partial charge in [0.1, 0.15) is 6.10 Å². The summed E-state index contributed by atoms with van der Waals surface area (Å²) in [6, 6.07) is 7.75. The molecule has 0 spiro atoms. The normalized spacial score (nSPS) is 24.5. The lowest BCUT2D eigenvalue weighted by molar-refractivity contribution is -0.159. The summed E-state index contributed by atoms with van der Waals surface area (Å²) in [5.74, 6) is -0.110. The van der Waals surface area contributed by atoms with Gasteiger partial charge in [0.05, 0.1) is 0 Å². The number of esters is 1. The van der Waals surface area contributed by atoms with Crippen molar-refractivity contribution in [2.75, 3.05) is 20.1 Å². The maximum atomic E-state index is 12.2. The lowest BCUT2D eigenvalue weighted by atomic mass is 9.91. The number of likely N-dealkylation sites (tertiary alicyclic amines) is 1. The first-order valence-corrected chi connectivity index (χ1v) is 8.31. The Morgan fingerprint density at radius 3 is 2.68 bits per heavy atom. The summed E-state index contributed by atoms with van der Waals surface area (Å²) in [7, 11) is 2.10. The average molecular weight is 303 g/mol. The number of aliphatic hydroxyl groups is 1. The van der Waals surface area contributed by atoms with Crippen molar-refractivity contribution in [1.82, 2.24) is 4.90 Å². The van der Waals surface area contributed by atoms with E-state index >= 15 is 0 Å². The minimum Gasteiger partial charge on any atom is -0.460 e. The van der Waals surface area contributed by atoms with Crippen molar-refractivity contribution in [3.63, 3.8) is 0 Å². The zero-order valence-corrected chi connectivity index (χ0v) is 13.2. The second kappa shape index (κ2) is 6.80. The Hall–Kier alpha value is -1.39. The van der Waals surface area contributed by atoms with Crippen LogP contribution in [0.2, 0.25) is 0 Å². The molecule has 1 saturated carbocycles. The van der Waals surface area contributed by atoms with Crippen LogP contribution in [0.15, 0.2) is 24.3 Å². The zero-order chi connectivity index (χ0) is 15.5. The number of likely N-dealkylation sites (N-methyl/N-ethyl adjacent to an activating group) is 1. The topological polar surface area (TPSA) is 49.8 Å². The summed E-state index contributed by atoms with van der Waals surface area (Å²) in [5.41, 5.74) is 1.80.